The Morgan fingerprint density at radius 3 is 2.75 bits per heavy atom. The lowest BCUT2D eigenvalue weighted by molar-refractivity contribution is -0.146. The van der Waals surface area contributed by atoms with Gasteiger partial charge >= 0.3 is 12.0 Å². The van der Waals surface area contributed by atoms with E-state index in [-0.39, 0.29) is 18.6 Å². The standard InChI is InChI=1S/C10H18N2O4/c1-7-4-2-3-5-12(7)10(16)11-6-8(13)9(14)15/h7-8,13H,2-6H2,1H3,(H,11,16)(H,14,15). The molecule has 1 fully saturated rings. The third-order valence-electron chi connectivity index (χ3n) is 2.80. The van der Waals surface area contributed by atoms with Gasteiger partial charge in [0.05, 0.1) is 6.54 Å². The molecule has 2 amide bonds. The fourth-order valence-electron chi connectivity index (χ4n) is 1.77. The van der Waals surface area contributed by atoms with Crippen molar-refractivity contribution in [3.8, 4) is 0 Å². The van der Waals surface area contributed by atoms with Crippen LogP contribution in [0.2, 0.25) is 0 Å². The number of aliphatic hydroxyl groups is 1. The van der Waals surface area contributed by atoms with E-state index in [1.807, 2.05) is 6.92 Å². The number of hydrogen-bond acceptors (Lipinski definition) is 3. The van der Waals surface area contributed by atoms with E-state index in [4.69, 9.17) is 10.2 Å². The zero-order valence-electron chi connectivity index (χ0n) is 9.35. The molecule has 1 heterocycles. The molecule has 0 aliphatic carbocycles. The summed E-state index contributed by atoms with van der Waals surface area (Å²) in [7, 11) is 0. The van der Waals surface area contributed by atoms with Crippen molar-refractivity contribution in [1.29, 1.82) is 0 Å². The van der Waals surface area contributed by atoms with E-state index in [0.29, 0.717) is 6.54 Å². The summed E-state index contributed by atoms with van der Waals surface area (Å²) < 4.78 is 0. The number of nitrogens with one attached hydrogen (secondary N) is 1. The number of urea groups is 1. The van der Waals surface area contributed by atoms with Gasteiger partial charge in [-0.05, 0) is 26.2 Å². The Labute approximate surface area is 94.2 Å². The number of carboxylic acids is 1. The highest BCUT2D eigenvalue weighted by molar-refractivity contribution is 5.77. The molecule has 6 nitrogen and oxygen atoms in total. The number of carbonyl (C=O) groups is 2. The van der Waals surface area contributed by atoms with Gasteiger partial charge in [-0.3, -0.25) is 0 Å². The van der Waals surface area contributed by atoms with Gasteiger partial charge in [0.25, 0.3) is 0 Å². The predicted octanol–water partition coefficient (Wildman–Crippen LogP) is 0.0159. The highest BCUT2D eigenvalue weighted by Crippen LogP contribution is 2.15. The molecule has 0 aromatic heterocycles. The fraction of sp³-hybridized carbons (Fsp3) is 0.800. The smallest absolute Gasteiger partial charge is 0.334 e. The minimum Gasteiger partial charge on any atom is -0.479 e. The van der Waals surface area contributed by atoms with E-state index in [2.05, 4.69) is 5.32 Å². The number of nitrogens with zero attached hydrogens (tertiary/aromatic N) is 1. The molecule has 0 spiro atoms. The van der Waals surface area contributed by atoms with Crippen molar-refractivity contribution in [1.82, 2.24) is 10.2 Å². The van der Waals surface area contributed by atoms with Crippen LogP contribution in [-0.2, 0) is 4.79 Å². The maximum absolute atomic E-state index is 11.6. The SMILES string of the molecule is CC1CCCCN1C(=O)NCC(O)C(=O)O. The van der Waals surface area contributed by atoms with Crippen molar-refractivity contribution >= 4 is 12.0 Å². The first-order valence-corrected chi connectivity index (χ1v) is 5.47. The van der Waals surface area contributed by atoms with Gasteiger partial charge in [-0.15, -0.1) is 0 Å². The van der Waals surface area contributed by atoms with Crippen LogP contribution in [0.1, 0.15) is 26.2 Å². The summed E-state index contributed by atoms with van der Waals surface area (Å²) in [6.45, 7) is 2.40. The van der Waals surface area contributed by atoms with Crippen LogP contribution in [0.3, 0.4) is 0 Å². The first-order valence-electron chi connectivity index (χ1n) is 5.47. The van der Waals surface area contributed by atoms with Gasteiger partial charge in [0.15, 0.2) is 6.10 Å². The Balaban J connectivity index is 2.36. The van der Waals surface area contributed by atoms with Crippen LogP contribution in [-0.4, -0.2) is 52.3 Å². The molecule has 1 aliphatic rings. The summed E-state index contributed by atoms with van der Waals surface area (Å²) in [5.41, 5.74) is 0. The Bertz CT molecular complexity index is 270. The Kier molecular flexibility index (Phi) is 4.54. The first-order chi connectivity index (χ1) is 7.52. The number of carbonyl (C=O) groups excluding carboxylic acids is 1. The molecular weight excluding hydrogens is 212 g/mol. The van der Waals surface area contributed by atoms with Gasteiger partial charge in [0.2, 0.25) is 0 Å². The van der Waals surface area contributed by atoms with Crippen LogP contribution < -0.4 is 5.32 Å². The zero-order chi connectivity index (χ0) is 12.1. The topological polar surface area (TPSA) is 89.9 Å². The number of likely N-dealkylation sites (tertiary alicyclic amines) is 1. The molecule has 3 N–H and O–H groups in total. The van der Waals surface area contributed by atoms with E-state index in [1.165, 1.54) is 0 Å². The third-order valence-corrected chi connectivity index (χ3v) is 2.80. The minimum atomic E-state index is -1.54. The van der Waals surface area contributed by atoms with Crippen molar-refractivity contribution in [2.75, 3.05) is 13.1 Å². The largest absolute Gasteiger partial charge is 0.479 e. The summed E-state index contributed by atoms with van der Waals surface area (Å²) >= 11 is 0. The van der Waals surface area contributed by atoms with Crippen LogP contribution in [0.5, 0.6) is 0 Å². The maximum atomic E-state index is 11.6. The fourth-order valence-corrected chi connectivity index (χ4v) is 1.77. The van der Waals surface area contributed by atoms with Gasteiger partial charge in [-0.2, -0.15) is 0 Å². The van der Waals surface area contributed by atoms with Crippen molar-refractivity contribution in [3.05, 3.63) is 0 Å². The molecule has 6 heteroatoms. The van der Waals surface area contributed by atoms with E-state index < -0.39 is 12.1 Å². The Hall–Kier alpha value is -1.30. The molecule has 0 aromatic carbocycles. The number of rotatable bonds is 3. The molecule has 1 saturated heterocycles. The summed E-state index contributed by atoms with van der Waals surface area (Å²) in [5.74, 6) is -1.33. The lowest BCUT2D eigenvalue weighted by Crippen LogP contribution is -2.49. The van der Waals surface area contributed by atoms with Gasteiger partial charge in [0.1, 0.15) is 0 Å². The normalized spacial score (nSPS) is 22.6. The second kappa shape index (κ2) is 5.69. The van der Waals surface area contributed by atoms with Gasteiger partial charge in [-0.1, -0.05) is 0 Å². The summed E-state index contributed by atoms with van der Waals surface area (Å²) in [5, 5.41) is 19.9. The highest BCUT2D eigenvalue weighted by atomic mass is 16.4. The average molecular weight is 230 g/mol. The molecule has 1 rings (SSSR count). The zero-order valence-corrected chi connectivity index (χ0v) is 9.35. The van der Waals surface area contributed by atoms with E-state index in [0.717, 1.165) is 19.3 Å². The lowest BCUT2D eigenvalue weighted by atomic mass is 10.0. The van der Waals surface area contributed by atoms with E-state index >= 15 is 0 Å². The number of piperidine rings is 1. The van der Waals surface area contributed by atoms with Crippen molar-refractivity contribution in [3.63, 3.8) is 0 Å². The van der Waals surface area contributed by atoms with E-state index in [9.17, 15) is 9.59 Å². The molecule has 0 aromatic rings. The number of hydrogen-bond donors (Lipinski definition) is 3. The maximum Gasteiger partial charge on any atom is 0.334 e. The second-order valence-electron chi connectivity index (χ2n) is 4.08. The quantitative estimate of drug-likeness (QED) is 0.637. The number of aliphatic carboxylic acids is 1. The van der Waals surface area contributed by atoms with Crippen LogP contribution in [0, 0.1) is 0 Å². The van der Waals surface area contributed by atoms with Crippen LogP contribution in [0.15, 0.2) is 0 Å². The summed E-state index contributed by atoms with van der Waals surface area (Å²) in [6, 6.07) is -0.122. The van der Waals surface area contributed by atoms with Gasteiger partial charge < -0.3 is 20.4 Å². The molecule has 16 heavy (non-hydrogen) atoms. The lowest BCUT2D eigenvalue weighted by Gasteiger charge is -2.33. The Morgan fingerprint density at radius 2 is 2.19 bits per heavy atom. The highest BCUT2D eigenvalue weighted by Gasteiger charge is 2.24. The monoisotopic (exact) mass is 230 g/mol. The van der Waals surface area contributed by atoms with Gasteiger partial charge in [0, 0.05) is 12.6 Å². The van der Waals surface area contributed by atoms with Crippen LogP contribution in [0.25, 0.3) is 0 Å². The number of amides is 2. The van der Waals surface area contributed by atoms with Gasteiger partial charge in [-0.25, -0.2) is 9.59 Å². The van der Waals surface area contributed by atoms with Crippen molar-refractivity contribution in [2.45, 2.75) is 38.3 Å². The Morgan fingerprint density at radius 1 is 1.50 bits per heavy atom. The molecule has 2 atom stereocenters. The molecule has 0 bridgehead atoms. The van der Waals surface area contributed by atoms with Crippen molar-refractivity contribution in [2.24, 2.45) is 0 Å². The minimum absolute atomic E-state index is 0.177. The average Bonchev–Trinajstić information content (AvgIpc) is 2.25. The van der Waals surface area contributed by atoms with E-state index in [1.54, 1.807) is 4.90 Å². The summed E-state index contributed by atoms with van der Waals surface area (Å²) in [6.07, 6.45) is 1.51. The molecule has 0 saturated carbocycles. The molecule has 92 valence electrons. The molecule has 1 aliphatic heterocycles. The molecule has 2 unspecified atom stereocenters. The first kappa shape index (κ1) is 12.8. The van der Waals surface area contributed by atoms with Crippen LogP contribution >= 0.6 is 0 Å². The second-order valence-corrected chi connectivity index (χ2v) is 4.08. The van der Waals surface area contributed by atoms with Crippen LogP contribution in [0.4, 0.5) is 4.79 Å². The third kappa shape index (κ3) is 3.37. The van der Waals surface area contributed by atoms with Crippen molar-refractivity contribution < 1.29 is 19.8 Å². The molecule has 0 radical (unpaired) electrons. The summed E-state index contributed by atoms with van der Waals surface area (Å²) in [4.78, 5) is 23.7. The number of aliphatic hydroxyl groups excluding tert-OH is 1. The predicted molar refractivity (Wildman–Crippen MR) is 57.1 cm³/mol. The molecular formula is C10H18N2O4. The number of carboxylic acid groups (broad SMARTS) is 1.